The van der Waals surface area contributed by atoms with Crippen LogP contribution in [0.2, 0.25) is 0 Å². The number of allylic oxidation sites excluding steroid dienone is 3. The van der Waals surface area contributed by atoms with Crippen molar-refractivity contribution in [3.05, 3.63) is 24.3 Å². The first kappa shape index (κ1) is 14.9. The van der Waals surface area contributed by atoms with Crippen molar-refractivity contribution in [2.45, 2.75) is 59.0 Å². The molecule has 0 aromatic carbocycles. The van der Waals surface area contributed by atoms with Crippen molar-refractivity contribution in [1.82, 2.24) is 0 Å². The Labute approximate surface area is 99.4 Å². The lowest BCUT2D eigenvalue weighted by molar-refractivity contribution is -0.142. The second kappa shape index (κ2) is 10.5. The Morgan fingerprint density at radius 3 is 2.62 bits per heavy atom. The van der Waals surface area contributed by atoms with Gasteiger partial charge in [0.15, 0.2) is 0 Å². The molecule has 0 amide bonds. The first-order valence-corrected chi connectivity index (χ1v) is 6.20. The van der Waals surface area contributed by atoms with Crippen molar-refractivity contribution in [3.63, 3.8) is 0 Å². The van der Waals surface area contributed by atoms with Gasteiger partial charge in [0.2, 0.25) is 0 Å². The van der Waals surface area contributed by atoms with E-state index in [0.29, 0.717) is 0 Å². The topological polar surface area (TPSA) is 26.3 Å². The summed E-state index contributed by atoms with van der Waals surface area (Å²) in [4.78, 5) is 11.3. The zero-order valence-electron chi connectivity index (χ0n) is 10.7. The number of carbonyl (C=O) groups is 1. The van der Waals surface area contributed by atoms with Crippen LogP contribution in [0.4, 0.5) is 0 Å². The van der Waals surface area contributed by atoms with Gasteiger partial charge in [0.05, 0.1) is 6.10 Å². The first-order chi connectivity index (χ1) is 7.70. The molecular formula is C14H24O2. The Hall–Kier alpha value is -1.05. The maximum absolute atomic E-state index is 11.3. The van der Waals surface area contributed by atoms with Gasteiger partial charge in [0, 0.05) is 6.08 Å². The van der Waals surface area contributed by atoms with Gasteiger partial charge in [-0.1, -0.05) is 44.4 Å². The minimum Gasteiger partial charge on any atom is -0.460 e. The maximum Gasteiger partial charge on any atom is 0.331 e. The van der Waals surface area contributed by atoms with Gasteiger partial charge in [-0.2, -0.15) is 0 Å². The third kappa shape index (κ3) is 9.50. The van der Waals surface area contributed by atoms with Crippen molar-refractivity contribution in [2.75, 3.05) is 0 Å². The molecule has 0 unspecified atom stereocenters. The normalized spacial score (nSPS) is 13.4. The molecular weight excluding hydrogens is 200 g/mol. The van der Waals surface area contributed by atoms with E-state index in [1.54, 1.807) is 6.08 Å². The Bertz CT molecular complexity index is 229. The van der Waals surface area contributed by atoms with Crippen LogP contribution < -0.4 is 0 Å². The molecule has 16 heavy (non-hydrogen) atoms. The van der Waals surface area contributed by atoms with Gasteiger partial charge >= 0.3 is 5.97 Å². The van der Waals surface area contributed by atoms with Gasteiger partial charge in [-0.05, 0) is 26.7 Å². The molecule has 0 N–H and O–H groups in total. The summed E-state index contributed by atoms with van der Waals surface area (Å²) in [6.07, 6.45) is 12.7. The second-order valence-electron chi connectivity index (χ2n) is 3.98. The highest BCUT2D eigenvalue weighted by atomic mass is 16.5. The van der Waals surface area contributed by atoms with Gasteiger partial charge in [0.25, 0.3) is 0 Å². The molecule has 2 nitrogen and oxygen atoms in total. The lowest BCUT2D eigenvalue weighted by Gasteiger charge is -2.11. The lowest BCUT2D eigenvalue weighted by Crippen LogP contribution is -2.12. The molecule has 0 aliphatic rings. The number of ether oxygens (including phenoxy) is 1. The van der Waals surface area contributed by atoms with Crippen LogP contribution in [0.1, 0.15) is 52.9 Å². The highest BCUT2D eigenvalue weighted by Gasteiger charge is 2.05. The van der Waals surface area contributed by atoms with Gasteiger partial charge in [-0.3, -0.25) is 0 Å². The van der Waals surface area contributed by atoms with Crippen molar-refractivity contribution < 1.29 is 9.53 Å². The van der Waals surface area contributed by atoms with Gasteiger partial charge < -0.3 is 4.74 Å². The molecule has 0 rings (SSSR count). The molecule has 92 valence electrons. The average Bonchev–Trinajstić information content (AvgIpc) is 2.25. The molecule has 0 aliphatic carbocycles. The average molecular weight is 224 g/mol. The SMILES string of the molecule is C/C=C/C=C/C(=O)O[C@H](C)CCCCCC. The standard InChI is InChI=1S/C14H24O2/c1-4-6-8-10-11-13(3)16-14(15)12-9-7-5-2/h5,7,9,12-13H,4,6,8,10-11H2,1-3H3/b7-5+,12-9+/t13-/m1/s1. The molecule has 0 radical (unpaired) electrons. The van der Waals surface area contributed by atoms with E-state index in [1.165, 1.54) is 25.3 Å². The Morgan fingerprint density at radius 2 is 2.00 bits per heavy atom. The van der Waals surface area contributed by atoms with Gasteiger partial charge in [-0.15, -0.1) is 0 Å². The number of rotatable bonds is 8. The fourth-order valence-electron chi connectivity index (χ4n) is 1.40. The van der Waals surface area contributed by atoms with Crippen LogP contribution in [0.25, 0.3) is 0 Å². The van der Waals surface area contributed by atoms with Crippen LogP contribution in [-0.2, 0) is 9.53 Å². The van der Waals surface area contributed by atoms with E-state index in [4.69, 9.17) is 4.74 Å². The molecule has 0 aromatic heterocycles. The zero-order chi connectivity index (χ0) is 12.2. The molecule has 0 aromatic rings. The third-order valence-corrected chi connectivity index (χ3v) is 2.32. The predicted molar refractivity (Wildman–Crippen MR) is 68.3 cm³/mol. The van der Waals surface area contributed by atoms with Crippen LogP contribution in [0.3, 0.4) is 0 Å². The molecule has 0 fully saturated rings. The minimum atomic E-state index is -0.249. The van der Waals surface area contributed by atoms with Crippen molar-refractivity contribution in [2.24, 2.45) is 0 Å². The summed E-state index contributed by atoms with van der Waals surface area (Å²) in [6.45, 7) is 6.05. The Kier molecular flexibility index (Phi) is 9.78. The van der Waals surface area contributed by atoms with E-state index < -0.39 is 0 Å². The molecule has 0 aliphatic heterocycles. The smallest absolute Gasteiger partial charge is 0.331 e. The van der Waals surface area contributed by atoms with E-state index in [1.807, 2.05) is 26.0 Å². The van der Waals surface area contributed by atoms with E-state index in [2.05, 4.69) is 6.92 Å². The highest BCUT2D eigenvalue weighted by Crippen LogP contribution is 2.08. The van der Waals surface area contributed by atoms with Crippen LogP contribution in [0.5, 0.6) is 0 Å². The van der Waals surface area contributed by atoms with Crippen LogP contribution >= 0.6 is 0 Å². The fraction of sp³-hybridized carbons (Fsp3) is 0.643. The first-order valence-electron chi connectivity index (χ1n) is 6.20. The van der Waals surface area contributed by atoms with E-state index in [9.17, 15) is 4.79 Å². The van der Waals surface area contributed by atoms with Crippen molar-refractivity contribution in [3.8, 4) is 0 Å². The lowest BCUT2D eigenvalue weighted by atomic mass is 10.1. The summed E-state index contributed by atoms with van der Waals surface area (Å²) < 4.78 is 5.22. The second-order valence-corrected chi connectivity index (χ2v) is 3.98. The zero-order valence-corrected chi connectivity index (χ0v) is 10.7. The van der Waals surface area contributed by atoms with Crippen molar-refractivity contribution in [1.29, 1.82) is 0 Å². The van der Waals surface area contributed by atoms with Crippen molar-refractivity contribution >= 4 is 5.97 Å². The Morgan fingerprint density at radius 1 is 1.25 bits per heavy atom. The number of hydrogen-bond acceptors (Lipinski definition) is 2. The third-order valence-electron chi connectivity index (χ3n) is 2.32. The summed E-state index contributed by atoms with van der Waals surface area (Å²) in [5.74, 6) is -0.249. The molecule has 0 saturated carbocycles. The van der Waals surface area contributed by atoms with Crippen LogP contribution in [0.15, 0.2) is 24.3 Å². The summed E-state index contributed by atoms with van der Waals surface area (Å²) in [7, 11) is 0. The van der Waals surface area contributed by atoms with E-state index in [-0.39, 0.29) is 12.1 Å². The molecule has 0 bridgehead atoms. The summed E-state index contributed by atoms with van der Waals surface area (Å²) in [5, 5.41) is 0. The molecule has 0 heterocycles. The summed E-state index contributed by atoms with van der Waals surface area (Å²) in [6, 6.07) is 0. The summed E-state index contributed by atoms with van der Waals surface area (Å²) >= 11 is 0. The van der Waals surface area contributed by atoms with Gasteiger partial charge in [0.1, 0.15) is 0 Å². The number of esters is 1. The highest BCUT2D eigenvalue weighted by molar-refractivity contribution is 5.82. The quantitative estimate of drug-likeness (QED) is 0.269. The maximum atomic E-state index is 11.3. The minimum absolute atomic E-state index is 0.0274. The number of carbonyl (C=O) groups excluding carboxylic acids is 1. The fourth-order valence-corrected chi connectivity index (χ4v) is 1.40. The Balaban J connectivity index is 3.61. The van der Waals surface area contributed by atoms with Gasteiger partial charge in [-0.25, -0.2) is 4.79 Å². The van der Waals surface area contributed by atoms with E-state index >= 15 is 0 Å². The largest absolute Gasteiger partial charge is 0.460 e. The van der Waals surface area contributed by atoms with Crippen LogP contribution in [-0.4, -0.2) is 12.1 Å². The number of hydrogen-bond donors (Lipinski definition) is 0. The predicted octanol–water partition coefficient (Wildman–Crippen LogP) is 4.02. The van der Waals surface area contributed by atoms with Crippen LogP contribution in [0, 0.1) is 0 Å². The summed E-state index contributed by atoms with van der Waals surface area (Å²) in [5.41, 5.74) is 0. The number of unbranched alkanes of at least 4 members (excludes halogenated alkanes) is 3. The molecule has 0 saturated heterocycles. The van der Waals surface area contributed by atoms with E-state index in [0.717, 1.165) is 12.8 Å². The molecule has 1 atom stereocenters. The molecule has 2 heteroatoms. The monoisotopic (exact) mass is 224 g/mol. The molecule has 0 spiro atoms.